The summed E-state index contributed by atoms with van der Waals surface area (Å²) in [6, 6.07) is 0. The van der Waals surface area contributed by atoms with Gasteiger partial charge in [0.25, 0.3) is 0 Å². The van der Waals surface area contributed by atoms with E-state index < -0.39 is 6.80 Å². The zero-order chi connectivity index (χ0) is 9.61. The van der Waals surface area contributed by atoms with E-state index in [1.165, 1.54) is 0 Å². The van der Waals surface area contributed by atoms with Crippen LogP contribution in [-0.2, 0) is 13.6 Å². The number of thiocarbonyl (C=S) groups is 1. The van der Waals surface area contributed by atoms with Crippen LogP contribution < -0.4 is 5.73 Å². The quantitative estimate of drug-likeness (QED) is 0.575. The highest BCUT2D eigenvalue weighted by Gasteiger charge is 2.25. The second-order valence-corrected chi connectivity index (χ2v) is 6.31. The van der Waals surface area contributed by atoms with Crippen molar-refractivity contribution in [1.29, 1.82) is 0 Å². The number of hydrogen-bond acceptors (Lipinski definition) is 5. The smallest absolute Gasteiger partial charge is 0.384 e. The summed E-state index contributed by atoms with van der Waals surface area (Å²) in [5, 5.41) is 0. The number of rotatable bonds is 5. The fourth-order valence-corrected chi connectivity index (χ4v) is 3.98. The zero-order valence-electron chi connectivity index (χ0n) is 6.98. The van der Waals surface area contributed by atoms with E-state index in [1.54, 1.807) is 13.8 Å². The summed E-state index contributed by atoms with van der Waals surface area (Å²) >= 11 is 5.35. The highest BCUT2D eigenvalue weighted by atomic mass is 32.7. The van der Waals surface area contributed by atoms with Crippen LogP contribution in [-0.4, -0.2) is 17.5 Å². The van der Waals surface area contributed by atoms with Crippen LogP contribution in [0.4, 0.5) is 0 Å². The molecular formula is C5H12NO3PS2. The first-order chi connectivity index (χ1) is 5.54. The van der Waals surface area contributed by atoms with Crippen LogP contribution in [0.15, 0.2) is 0 Å². The molecule has 0 unspecified atom stereocenters. The Morgan fingerprint density at radius 1 is 1.50 bits per heavy atom. The molecule has 2 N–H and O–H groups in total. The molecule has 0 aromatic heterocycles. The molecule has 4 nitrogen and oxygen atoms in total. The monoisotopic (exact) mass is 229 g/mol. The predicted molar refractivity (Wildman–Crippen MR) is 55.2 cm³/mol. The van der Waals surface area contributed by atoms with Crippen molar-refractivity contribution in [3.8, 4) is 0 Å². The summed E-state index contributed by atoms with van der Waals surface area (Å²) in [5.41, 5.74) is 5.20. The standard InChI is InChI=1S/C5H12NO3PS2/c1-3-8-10(7,9-4-2)12-5(6)11/h3-4H2,1-2H3,(H2,6,11). The van der Waals surface area contributed by atoms with Crippen molar-refractivity contribution in [3.05, 3.63) is 0 Å². The molecule has 0 radical (unpaired) electrons. The Hall–Kier alpha value is 0.390. The Bertz CT molecular complexity index is 189. The van der Waals surface area contributed by atoms with Gasteiger partial charge in [-0.1, -0.05) is 12.2 Å². The summed E-state index contributed by atoms with van der Waals surface area (Å²) in [7, 11) is 0. The summed E-state index contributed by atoms with van der Waals surface area (Å²) in [6.45, 7) is 0.956. The SMILES string of the molecule is CCOP(=O)(OCC)SC(N)=S. The van der Waals surface area contributed by atoms with Crippen LogP contribution >= 0.6 is 30.4 Å². The third-order valence-electron chi connectivity index (χ3n) is 0.776. The van der Waals surface area contributed by atoms with E-state index in [-0.39, 0.29) is 4.32 Å². The Morgan fingerprint density at radius 3 is 2.17 bits per heavy atom. The topological polar surface area (TPSA) is 61.5 Å². The molecule has 0 aliphatic heterocycles. The minimum Gasteiger partial charge on any atom is -0.384 e. The Balaban J connectivity index is 4.18. The van der Waals surface area contributed by atoms with Crippen molar-refractivity contribution >= 4 is 34.7 Å². The van der Waals surface area contributed by atoms with Crippen molar-refractivity contribution < 1.29 is 13.6 Å². The molecule has 0 rings (SSSR count). The molecule has 72 valence electrons. The van der Waals surface area contributed by atoms with Crippen molar-refractivity contribution in [1.82, 2.24) is 0 Å². The second-order valence-electron chi connectivity index (χ2n) is 1.69. The molecular weight excluding hydrogens is 217 g/mol. The van der Waals surface area contributed by atoms with Crippen LogP contribution in [0, 0.1) is 0 Å². The summed E-state index contributed by atoms with van der Waals surface area (Å²) < 4.78 is 21.5. The Kier molecular flexibility index (Phi) is 6.13. The Morgan fingerprint density at radius 2 is 1.92 bits per heavy atom. The van der Waals surface area contributed by atoms with Crippen molar-refractivity contribution in [2.75, 3.05) is 13.2 Å². The van der Waals surface area contributed by atoms with Crippen LogP contribution in [0.5, 0.6) is 0 Å². The van der Waals surface area contributed by atoms with Crippen molar-refractivity contribution in [2.45, 2.75) is 13.8 Å². The van der Waals surface area contributed by atoms with Gasteiger partial charge in [-0.2, -0.15) is 0 Å². The largest absolute Gasteiger partial charge is 0.396 e. The van der Waals surface area contributed by atoms with Crippen LogP contribution in [0.2, 0.25) is 0 Å². The van der Waals surface area contributed by atoms with Gasteiger partial charge in [-0.15, -0.1) is 0 Å². The lowest BCUT2D eigenvalue weighted by Crippen LogP contribution is -2.03. The first-order valence-corrected chi connectivity index (χ1v) is 6.79. The third-order valence-corrected chi connectivity index (χ3v) is 4.84. The normalized spacial score (nSPS) is 11.5. The lowest BCUT2D eigenvalue weighted by molar-refractivity contribution is 0.237. The van der Waals surface area contributed by atoms with Crippen molar-refractivity contribution in [3.63, 3.8) is 0 Å². The average molecular weight is 229 g/mol. The van der Waals surface area contributed by atoms with Crippen LogP contribution in [0.1, 0.15) is 13.8 Å². The molecule has 0 saturated heterocycles. The van der Waals surface area contributed by atoms with Gasteiger partial charge in [0.2, 0.25) is 0 Å². The fourth-order valence-electron chi connectivity index (χ4n) is 0.516. The van der Waals surface area contributed by atoms with E-state index in [2.05, 4.69) is 12.2 Å². The van der Waals surface area contributed by atoms with Gasteiger partial charge in [0.05, 0.1) is 13.2 Å². The van der Waals surface area contributed by atoms with Gasteiger partial charge < -0.3 is 14.8 Å². The molecule has 0 aliphatic carbocycles. The van der Waals surface area contributed by atoms with Gasteiger partial charge in [0.15, 0.2) is 0 Å². The first kappa shape index (κ1) is 12.4. The molecule has 0 saturated carbocycles. The van der Waals surface area contributed by atoms with E-state index in [0.29, 0.717) is 13.2 Å². The molecule has 0 spiro atoms. The highest BCUT2D eigenvalue weighted by Crippen LogP contribution is 2.60. The van der Waals surface area contributed by atoms with Crippen molar-refractivity contribution in [2.24, 2.45) is 5.73 Å². The maximum Gasteiger partial charge on any atom is 0.396 e. The first-order valence-electron chi connectivity index (χ1n) is 3.42. The molecule has 0 atom stereocenters. The maximum atomic E-state index is 11.6. The molecule has 0 aromatic rings. The van der Waals surface area contributed by atoms with Gasteiger partial charge in [-0.05, 0) is 13.8 Å². The highest BCUT2D eigenvalue weighted by molar-refractivity contribution is 8.64. The lowest BCUT2D eigenvalue weighted by Gasteiger charge is -2.14. The summed E-state index contributed by atoms with van der Waals surface area (Å²) in [5.74, 6) is 0. The predicted octanol–water partition coefficient (Wildman–Crippen LogP) is 2.14. The minimum atomic E-state index is -3.12. The van der Waals surface area contributed by atoms with E-state index in [1.807, 2.05) is 0 Å². The van der Waals surface area contributed by atoms with Crippen LogP contribution in [0.3, 0.4) is 0 Å². The average Bonchev–Trinajstić information content (AvgIpc) is 1.85. The van der Waals surface area contributed by atoms with E-state index in [4.69, 9.17) is 14.8 Å². The lowest BCUT2D eigenvalue weighted by atomic mass is 10.9. The minimum absolute atomic E-state index is 0.0697. The van der Waals surface area contributed by atoms with Gasteiger partial charge >= 0.3 is 6.80 Å². The molecule has 7 heteroatoms. The number of hydrogen-bond donors (Lipinski definition) is 1. The second kappa shape index (κ2) is 5.94. The molecule has 12 heavy (non-hydrogen) atoms. The summed E-state index contributed by atoms with van der Waals surface area (Å²) in [4.78, 5) is 0. The van der Waals surface area contributed by atoms with E-state index >= 15 is 0 Å². The van der Waals surface area contributed by atoms with Gasteiger partial charge in [0, 0.05) is 11.4 Å². The van der Waals surface area contributed by atoms with Gasteiger partial charge in [-0.3, -0.25) is 0 Å². The zero-order valence-corrected chi connectivity index (χ0v) is 9.51. The summed E-state index contributed by atoms with van der Waals surface area (Å²) in [6.07, 6.45) is 0. The molecule has 0 fully saturated rings. The maximum absolute atomic E-state index is 11.6. The van der Waals surface area contributed by atoms with E-state index in [0.717, 1.165) is 11.4 Å². The van der Waals surface area contributed by atoms with Gasteiger partial charge in [-0.25, -0.2) is 4.57 Å². The number of nitrogens with two attached hydrogens (primary N) is 1. The third kappa shape index (κ3) is 5.11. The van der Waals surface area contributed by atoms with E-state index in [9.17, 15) is 4.57 Å². The molecule has 0 heterocycles. The fraction of sp³-hybridized carbons (Fsp3) is 0.800. The molecule has 0 aromatic carbocycles. The van der Waals surface area contributed by atoms with Gasteiger partial charge in [0.1, 0.15) is 4.32 Å². The van der Waals surface area contributed by atoms with Crippen LogP contribution in [0.25, 0.3) is 0 Å². The molecule has 0 bridgehead atoms. The molecule has 0 aliphatic rings. The Labute approximate surface area is 81.5 Å². The molecule has 0 amide bonds.